The van der Waals surface area contributed by atoms with Crippen LogP contribution >= 0.6 is 0 Å². The summed E-state index contributed by atoms with van der Waals surface area (Å²) < 4.78 is 11.2. The fraction of sp³-hybridized carbons (Fsp3) is 0.458. The van der Waals surface area contributed by atoms with Crippen molar-refractivity contribution in [3.05, 3.63) is 59.2 Å². The summed E-state index contributed by atoms with van der Waals surface area (Å²) in [5.41, 5.74) is 3.75. The Bertz CT molecular complexity index is 859. The van der Waals surface area contributed by atoms with Gasteiger partial charge in [0.1, 0.15) is 13.2 Å². The normalized spacial score (nSPS) is 18.3. The first kappa shape index (κ1) is 19.8. The van der Waals surface area contributed by atoms with Gasteiger partial charge in [0, 0.05) is 12.5 Å². The maximum absolute atomic E-state index is 12.8. The molecule has 2 aliphatic rings. The predicted molar refractivity (Wildman–Crippen MR) is 113 cm³/mol. The van der Waals surface area contributed by atoms with Gasteiger partial charge in [-0.3, -0.25) is 9.69 Å². The number of fused-ring (bicyclic) bond motifs is 1. The first-order chi connectivity index (χ1) is 14.1. The molecule has 29 heavy (non-hydrogen) atoms. The fourth-order valence-electron chi connectivity index (χ4n) is 4.13. The Morgan fingerprint density at radius 3 is 2.59 bits per heavy atom. The van der Waals surface area contributed by atoms with E-state index in [9.17, 15) is 4.79 Å². The highest BCUT2D eigenvalue weighted by Crippen LogP contribution is 2.32. The van der Waals surface area contributed by atoms with Crippen LogP contribution in [0, 0.1) is 12.8 Å². The number of amides is 1. The first-order valence-corrected chi connectivity index (χ1v) is 10.6. The van der Waals surface area contributed by atoms with Gasteiger partial charge in [0.15, 0.2) is 11.5 Å². The minimum atomic E-state index is -0.0525. The number of rotatable bonds is 5. The number of benzene rings is 2. The number of carbonyl (C=O) groups is 1. The zero-order chi connectivity index (χ0) is 20.2. The first-order valence-electron chi connectivity index (χ1n) is 10.6. The Kier molecular flexibility index (Phi) is 6.05. The highest BCUT2D eigenvalue weighted by molar-refractivity contribution is 5.79. The summed E-state index contributed by atoms with van der Waals surface area (Å²) in [6, 6.07) is 14.4. The number of nitrogens with zero attached hydrogens (tertiary/aromatic N) is 1. The molecule has 0 aliphatic carbocycles. The molecule has 5 heteroatoms. The quantitative estimate of drug-likeness (QED) is 0.837. The monoisotopic (exact) mass is 394 g/mol. The van der Waals surface area contributed by atoms with E-state index in [-0.39, 0.29) is 17.9 Å². The van der Waals surface area contributed by atoms with E-state index in [1.165, 1.54) is 11.1 Å². The third kappa shape index (κ3) is 4.73. The lowest BCUT2D eigenvalue weighted by Gasteiger charge is -2.32. The number of nitrogens with one attached hydrogen (secondary N) is 1. The van der Waals surface area contributed by atoms with E-state index in [2.05, 4.69) is 41.4 Å². The molecule has 0 radical (unpaired) electrons. The predicted octanol–water partition coefficient (Wildman–Crippen LogP) is 3.86. The van der Waals surface area contributed by atoms with Gasteiger partial charge in [-0.1, -0.05) is 30.3 Å². The number of likely N-dealkylation sites (tertiary alicyclic amines) is 1. The summed E-state index contributed by atoms with van der Waals surface area (Å²) in [4.78, 5) is 15.3. The van der Waals surface area contributed by atoms with E-state index >= 15 is 0 Å². The molecule has 2 heterocycles. The molecule has 1 atom stereocenters. The number of aryl methyl sites for hydroxylation is 1. The third-order valence-electron chi connectivity index (χ3n) is 6.04. The van der Waals surface area contributed by atoms with Crippen molar-refractivity contribution in [2.45, 2.75) is 39.3 Å². The van der Waals surface area contributed by atoms with Crippen LogP contribution in [-0.4, -0.2) is 37.1 Å². The van der Waals surface area contributed by atoms with Crippen molar-refractivity contribution in [3.8, 4) is 11.5 Å². The summed E-state index contributed by atoms with van der Waals surface area (Å²) in [5.74, 6) is 1.78. The van der Waals surface area contributed by atoms with Crippen molar-refractivity contribution in [2.24, 2.45) is 5.92 Å². The summed E-state index contributed by atoms with van der Waals surface area (Å²) in [6.45, 7) is 8.23. The molecule has 0 unspecified atom stereocenters. The standard InChI is InChI=1S/C24H30N2O3/c1-17-5-3-4-6-21(17)16-26-11-9-19(10-12-26)24(27)25-18(2)20-7-8-22-23(15-20)29-14-13-28-22/h3-8,15,18-19H,9-14,16H2,1-2H3,(H,25,27)/t18-/m0/s1. The molecule has 2 aromatic carbocycles. The molecule has 0 spiro atoms. The Balaban J connectivity index is 1.29. The number of ether oxygens (including phenoxy) is 2. The highest BCUT2D eigenvalue weighted by atomic mass is 16.6. The second-order valence-electron chi connectivity index (χ2n) is 8.11. The summed E-state index contributed by atoms with van der Waals surface area (Å²) in [5, 5.41) is 3.19. The van der Waals surface area contributed by atoms with Crippen LogP contribution in [0.1, 0.15) is 42.5 Å². The van der Waals surface area contributed by atoms with E-state index in [1.54, 1.807) is 0 Å². The largest absolute Gasteiger partial charge is 0.486 e. The summed E-state index contributed by atoms with van der Waals surface area (Å²) in [7, 11) is 0. The van der Waals surface area contributed by atoms with Gasteiger partial charge >= 0.3 is 0 Å². The maximum atomic E-state index is 12.8. The van der Waals surface area contributed by atoms with Crippen LogP contribution in [0.5, 0.6) is 11.5 Å². The Labute approximate surface area is 173 Å². The Hall–Kier alpha value is -2.53. The second-order valence-corrected chi connectivity index (χ2v) is 8.11. The number of hydrogen-bond donors (Lipinski definition) is 1. The average Bonchev–Trinajstić information content (AvgIpc) is 2.75. The zero-order valence-corrected chi connectivity index (χ0v) is 17.3. The van der Waals surface area contributed by atoms with E-state index < -0.39 is 0 Å². The molecule has 4 rings (SSSR count). The van der Waals surface area contributed by atoms with Crippen molar-refractivity contribution in [1.29, 1.82) is 0 Å². The van der Waals surface area contributed by atoms with Crippen molar-refractivity contribution < 1.29 is 14.3 Å². The molecular formula is C24H30N2O3. The van der Waals surface area contributed by atoms with E-state index in [0.29, 0.717) is 13.2 Å². The lowest BCUT2D eigenvalue weighted by Crippen LogP contribution is -2.41. The van der Waals surface area contributed by atoms with E-state index in [1.807, 2.05) is 25.1 Å². The lowest BCUT2D eigenvalue weighted by atomic mass is 9.94. The van der Waals surface area contributed by atoms with Crippen LogP contribution in [0.15, 0.2) is 42.5 Å². The Morgan fingerprint density at radius 2 is 1.83 bits per heavy atom. The van der Waals surface area contributed by atoms with Crippen molar-refractivity contribution >= 4 is 5.91 Å². The van der Waals surface area contributed by atoms with Gasteiger partial charge in [0.05, 0.1) is 6.04 Å². The zero-order valence-electron chi connectivity index (χ0n) is 17.3. The lowest BCUT2D eigenvalue weighted by molar-refractivity contribution is -0.127. The molecule has 2 aromatic rings. The molecule has 0 saturated carbocycles. The smallest absolute Gasteiger partial charge is 0.223 e. The summed E-state index contributed by atoms with van der Waals surface area (Å²) in [6.07, 6.45) is 1.82. The van der Waals surface area contributed by atoms with Crippen LogP contribution in [0.4, 0.5) is 0 Å². The van der Waals surface area contributed by atoms with Crippen molar-refractivity contribution in [3.63, 3.8) is 0 Å². The van der Waals surface area contributed by atoms with Crippen LogP contribution in [0.3, 0.4) is 0 Å². The molecule has 5 nitrogen and oxygen atoms in total. The highest BCUT2D eigenvalue weighted by Gasteiger charge is 2.26. The molecule has 1 fully saturated rings. The van der Waals surface area contributed by atoms with Crippen LogP contribution in [0.2, 0.25) is 0 Å². The number of hydrogen-bond acceptors (Lipinski definition) is 4. The topological polar surface area (TPSA) is 50.8 Å². The van der Waals surface area contributed by atoms with Crippen LogP contribution in [-0.2, 0) is 11.3 Å². The molecule has 1 saturated heterocycles. The van der Waals surface area contributed by atoms with Gasteiger partial charge in [-0.2, -0.15) is 0 Å². The van der Waals surface area contributed by atoms with Crippen molar-refractivity contribution in [2.75, 3.05) is 26.3 Å². The van der Waals surface area contributed by atoms with E-state index in [0.717, 1.165) is 49.5 Å². The molecular weight excluding hydrogens is 364 g/mol. The SMILES string of the molecule is Cc1ccccc1CN1CCC(C(=O)N[C@@H](C)c2ccc3c(c2)OCCO3)CC1. The molecule has 1 N–H and O–H groups in total. The molecule has 154 valence electrons. The maximum Gasteiger partial charge on any atom is 0.223 e. The van der Waals surface area contributed by atoms with Crippen molar-refractivity contribution in [1.82, 2.24) is 10.2 Å². The average molecular weight is 395 g/mol. The Morgan fingerprint density at radius 1 is 1.10 bits per heavy atom. The third-order valence-corrected chi connectivity index (χ3v) is 6.04. The van der Waals surface area contributed by atoms with Gasteiger partial charge in [0.25, 0.3) is 0 Å². The van der Waals surface area contributed by atoms with Gasteiger partial charge in [-0.05, 0) is 68.6 Å². The molecule has 0 aromatic heterocycles. The minimum Gasteiger partial charge on any atom is -0.486 e. The number of carbonyl (C=O) groups excluding carboxylic acids is 1. The van der Waals surface area contributed by atoms with Gasteiger partial charge in [-0.15, -0.1) is 0 Å². The molecule has 2 aliphatic heterocycles. The molecule has 1 amide bonds. The van der Waals surface area contributed by atoms with Crippen LogP contribution < -0.4 is 14.8 Å². The van der Waals surface area contributed by atoms with Crippen LogP contribution in [0.25, 0.3) is 0 Å². The minimum absolute atomic E-state index is 0.0525. The van der Waals surface area contributed by atoms with E-state index in [4.69, 9.17) is 9.47 Å². The van der Waals surface area contributed by atoms with Gasteiger partial charge in [0.2, 0.25) is 5.91 Å². The molecule has 0 bridgehead atoms. The second kappa shape index (κ2) is 8.87. The van der Waals surface area contributed by atoms with Gasteiger partial charge < -0.3 is 14.8 Å². The summed E-state index contributed by atoms with van der Waals surface area (Å²) >= 11 is 0. The van der Waals surface area contributed by atoms with Gasteiger partial charge in [-0.25, -0.2) is 0 Å². The fourth-order valence-corrected chi connectivity index (χ4v) is 4.13. The number of piperidine rings is 1.